The lowest BCUT2D eigenvalue weighted by Crippen LogP contribution is -2.06. The Morgan fingerprint density at radius 3 is 1.27 bits per heavy atom. The molecule has 4 aromatic heterocycles. The van der Waals surface area contributed by atoms with E-state index in [4.69, 9.17) is 6.42 Å². The average Bonchev–Trinajstić information content (AvgIpc) is 4.18. The number of fused-ring (bicyclic) bond motifs is 12. The predicted molar refractivity (Wildman–Crippen MR) is 306 cm³/mol. The Bertz CT molecular complexity index is 4640. The molecular weight excluding hydrogens is 901 g/mol. The number of aryl methyl sites for hydroxylation is 2. The van der Waals surface area contributed by atoms with Crippen LogP contribution in [0.3, 0.4) is 0 Å². The third kappa shape index (κ3) is 6.47. The van der Waals surface area contributed by atoms with E-state index >= 15 is 0 Å². The first-order valence-electron chi connectivity index (χ1n) is 24.8. The molecule has 6 heteroatoms. The van der Waals surface area contributed by atoms with Gasteiger partial charge in [-0.2, -0.15) is 10.5 Å². The van der Waals surface area contributed by atoms with Crippen molar-refractivity contribution in [3.8, 4) is 70.7 Å². The van der Waals surface area contributed by atoms with Gasteiger partial charge < -0.3 is 18.3 Å². The van der Waals surface area contributed by atoms with Crippen LogP contribution in [0.15, 0.2) is 188 Å². The maximum Gasteiger partial charge on any atom is 0.101 e. The third-order valence-corrected chi connectivity index (χ3v) is 14.9. The minimum atomic E-state index is 0.429. The summed E-state index contributed by atoms with van der Waals surface area (Å²) in [7, 11) is 0. The number of rotatable bonds is 5. The van der Waals surface area contributed by atoms with Crippen LogP contribution in [-0.4, -0.2) is 18.3 Å². The largest absolute Gasteiger partial charge is 0.309 e. The van der Waals surface area contributed by atoms with E-state index in [-0.39, 0.29) is 0 Å². The zero-order chi connectivity index (χ0) is 50.2. The molecule has 14 rings (SSSR count). The second-order valence-electron chi connectivity index (χ2n) is 18.9. The molecule has 0 N–H and O–H groups in total. The average molecular weight is 945 g/mol. The molecule has 0 atom stereocenters. The second kappa shape index (κ2) is 17.3. The Kier molecular flexibility index (Phi) is 10.2. The van der Waals surface area contributed by atoms with Gasteiger partial charge in [0, 0.05) is 49.0 Å². The quantitative estimate of drug-likeness (QED) is 0.161. The van der Waals surface area contributed by atoms with Gasteiger partial charge in [-0.1, -0.05) is 115 Å². The van der Waals surface area contributed by atoms with Crippen LogP contribution in [-0.2, 0) is 6.42 Å². The molecule has 0 aliphatic heterocycles. The van der Waals surface area contributed by atoms with Crippen molar-refractivity contribution < 1.29 is 0 Å². The van der Waals surface area contributed by atoms with Crippen molar-refractivity contribution in [2.75, 3.05) is 0 Å². The summed E-state index contributed by atoms with van der Waals surface area (Å²) in [6, 6.07) is 68.8. The van der Waals surface area contributed by atoms with Gasteiger partial charge in [0.15, 0.2) is 0 Å². The van der Waals surface area contributed by atoms with Crippen LogP contribution in [0.1, 0.15) is 46.9 Å². The van der Waals surface area contributed by atoms with Crippen molar-refractivity contribution in [1.29, 1.82) is 10.5 Å². The molecule has 4 heterocycles. The number of terminal acetylenes is 2. The Morgan fingerprint density at radius 1 is 0.419 bits per heavy atom. The molecule has 1 aliphatic rings. The molecule has 6 nitrogen and oxygen atoms in total. The molecule has 0 bridgehead atoms. The second-order valence-corrected chi connectivity index (χ2v) is 18.9. The summed E-state index contributed by atoms with van der Waals surface area (Å²) in [4.78, 5) is 0. The molecule has 74 heavy (non-hydrogen) atoms. The minimum Gasteiger partial charge on any atom is -0.309 e. The highest BCUT2D eigenvalue weighted by atomic mass is 15.0. The molecule has 0 spiro atoms. The standard InChI is InChI=1S/C65H40N6.C3H4/c1-3-41-32-40(2)62(36-63(41)69-54-22-10-4-16-46(54)47-17-5-11-23-55(47)69)68-58-26-14-8-20-50(58)52-34-42(28-30-60(52)68)43-29-31-61-53(35-43)51-21-9-15-27-59(51)71(61)65-37-64(44(38-66)33-45(65)39-67)70-56-24-12-6-18-48(56)49-19-7-13-25-57(49)70;1-3-2/h1,4-7,9-19,21-37H,8,20H2,2H3;1H,2H3. The lowest BCUT2D eigenvalue weighted by molar-refractivity contribution is 0.963. The van der Waals surface area contributed by atoms with E-state index < -0.39 is 0 Å². The zero-order valence-electron chi connectivity index (χ0n) is 40.7. The molecule has 0 saturated carbocycles. The summed E-state index contributed by atoms with van der Waals surface area (Å²) < 4.78 is 9.12. The lowest BCUT2D eigenvalue weighted by Gasteiger charge is -2.18. The maximum absolute atomic E-state index is 10.8. The number of nitrogens with zero attached hydrogens (tertiary/aromatic N) is 6. The summed E-state index contributed by atoms with van der Waals surface area (Å²) in [6.07, 6.45) is 17.4. The number of benzene rings is 9. The fourth-order valence-corrected chi connectivity index (χ4v) is 11.8. The van der Waals surface area contributed by atoms with E-state index in [1.54, 1.807) is 13.0 Å². The van der Waals surface area contributed by atoms with E-state index in [1.807, 2.05) is 36.4 Å². The van der Waals surface area contributed by atoms with Gasteiger partial charge in [-0.3, -0.25) is 0 Å². The van der Waals surface area contributed by atoms with Crippen molar-refractivity contribution in [2.24, 2.45) is 0 Å². The highest BCUT2D eigenvalue weighted by Crippen LogP contribution is 2.43. The number of allylic oxidation sites excluding steroid dienone is 1. The number of para-hydroxylation sites is 5. The molecule has 0 unspecified atom stereocenters. The van der Waals surface area contributed by atoms with Gasteiger partial charge in [0.25, 0.3) is 0 Å². The third-order valence-electron chi connectivity index (χ3n) is 14.9. The topological polar surface area (TPSA) is 67.3 Å². The van der Waals surface area contributed by atoms with Crippen molar-refractivity contribution >= 4 is 82.4 Å². The summed E-state index contributed by atoms with van der Waals surface area (Å²) in [6.45, 7) is 3.82. The van der Waals surface area contributed by atoms with Crippen molar-refractivity contribution in [2.45, 2.75) is 26.7 Å². The highest BCUT2D eigenvalue weighted by Gasteiger charge is 2.25. The van der Waals surface area contributed by atoms with E-state index in [1.165, 1.54) is 27.4 Å². The molecule has 9 aromatic carbocycles. The van der Waals surface area contributed by atoms with Gasteiger partial charge in [-0.05, 0) is 134 Å². The SMILES string of the molecule is C#CC.C#Cc1cc(C)c(-n2c3c(c4cc(-c5ccc6c(c5)c5ccccc5n6-c5cc(-n6c7ccccc7c7ccccc76)c(C#N)cc5C#N)ccc42)CCC=C3)cc1-n1c2ccccc2c2ccccc21. The first kappa shape index (κ1) is 43.8. The van der Waals surface area contributed by atoms with Gasteiger partial charge >= 0.3 is 0 Å². The Balaban J connectivity index is 0.00000172. The lowest BCUT2D eigenvalue weighted by atomic mass is 9.97. The molecular formula is C68H44N6. The molecule has 0 saturated heterocycles. The smallest absolute Gasteiger partial charge is 0.101 e. The molecule has 0 amide bonds. The maximum atomic E-state index is 10.8. The molecule has 0 fully saturated rings. The summed E-state index contributed by atoms with van der Waals surface area (Å²) in [5.41, 5.74) is 18.5. The van der Waals surface area contributed by atoms with Crippen LogP contribution >= 0.6 is 0 Å². The van der Waals surface area contributed by atoms with Gasteiger partial charge in [-0.15, -0.1) is 18.8 Å². The van der Waals surface area contributed by atoms with Gasteiger partial charge in [0.05, 0.1) is 72.5 Å². The molecule has 13 aromatic rings. The monoisotopic (exact) mass is 944 g/mol. The predicted octanol–water partition coefficient (Wildman–Crippen LogP) is 16.2. The van der Waals surface area contributed by atoms with Gasteiger partial charge in [0.2, 0.25) is 0 Å². The van der Waals surface area contributed by atoms with Crippen LogP contribution < -0.4 is 0 Å². The van der Waals surface area contributed by atoms with Crippen LogP contribution in [0.5, 0.6) is 0 Å². The number of hydrogen-bond acceptors (Lipinski definition) is 2. The summed E-state index contributed by atoms with van der Waals surface area (Å²) in [5.74, 6) is 5.29. The minimum absolute atomic E-state index is 0.429. The first-order valence-corrected chi connectivity index (χ1v) is 24.8. The van der Waals surface area contributed by atoms with Crippen LogP contribution in [0, 0.1) is 54.3 Å². The zero-order valence-corrected chi connectivity index (χ0v) is 40.7. The van der Waals surface area contributed by atoms with Crippen LogP contribution in [0.4, 0.5) is 0 Å². The summed E-state index contributed by atoms with van der Waals surface area (Å²) in [5, 5.41) is 29.4. The van der Waals surface area contributed by atoms with E-state index in [0.717, 1.165) is 118 Å². The van der Waals surface area contributed by atoms with Crippen molar-refractivity contribution in [3.05, 3.63) is 222 Å². The fraction of sp³-hybridized carbons (Fsp3) is 0.0588. The fourth-order valence-electron chi connectivity index (χ4n) is 11.8. The van der Waals surface area contributed by atoms with Gasteiger partial charge in [0.1, 0.15) is 12.1 Å². The summed E-state index contributed by atoms with van der Waals surface area (Å²) >= 11 is 0. The van der Waals surface area contributed by atoms with Gasteiger partial charge in [-0.25, -0.2) is 0 Å². The molecule has 1 aliphatic carbocycles. The number of nitriles is 2. The number of aromatic nitrogens is 4. The van der Waals surface area contributed by atoms with E-state index in [9.17, 15) is 10.5 Å². The van der Waals surface area contributed by atoms with Crippen LogP contribution in [0.25, 0.3) is 116 Å². The Labute approximate surface area is 428 Å². The van der Waals surface area contributed by atoms with E-state index in [2.05, 4.69) is 207 Å². The highest BCUT2D eigenvalue weighted by molar-refractivity contribution is 6.13. The van der Waals surface area contributed by atoms with Crippen molar-refractivity contribution in [3.63, 3.8) is 0 Å². The molecule has 346 valence electrons. The first-order chi connectivity index (χ1) is 36.4. The number of hydrogen-bond donors (Lipinski definition) is 0. The Morgan fingerprint density at radius 2 is 0.811 bits per heavy atom. The van der Waals surface area contributed by atoms with Crippen molar-refractivity contribution in [1.82, 2.24) is 18.3 Å². The van der Waals surface area contributed by atoms with Crippen LogP contribution in [0.2, 0.25) is 0 Å². The normalized spacial score (nSPS) is 12.0. The Hall–Kier alpha value is -10.2. The molecule has 0 radical (unpaired) electrons. The van der Waals surface area contributed by atoms with E-state index in [0.29, 0.717) is 11.1 Å².